The first-order valence-corrected chi connectivity index (χ1v) is 16.1. The van der Waals surface area contributed by atoms with Gasteiger partial charge in [-0.2, -0.15) is 0 Å². The Balaban J connectivity index is 1.41. The molecule has 8 heteroatoms. The Labute approximate surface area is 238 Å². The lowest BCUT2D eigenvalue weighted by atomic mass is 9.43. The lowest BCUT2D eigenvalue weighted by molar-refractivity contribution is -0.199. The Kier molecular flexibility index (Phi) is 10.1. The SMILES string of the molecule is CCCCC[C@H](NC(=O)[C@H](CC(C)C)NC(=O)[C@H](N)CC1CCCCC1)B1O[C@@H]2C[C@@H]3C[C@@H](C3(C)C)[C@]2(C)O1. The minimum Gasteiger partial charge on any atom is -0.404 e. The molecule has 1 aliphatic heterocycles. The minimum absolute atomic E-state index is 0.0776. The number of carbonyl (C=O) groups is 2. The van der Waals surface area contributed by atoms with E-state index in [1.807, 2.05) is 0 Å². The van der Waals surface area contributed by atoms with E-state index in [2.05, 4.69) is 52.2 Å². The van der Waals surface area contributed by atoms with Crippen LogP contribution in [0.15, 0.2) is 0 Å². The number of rotatable bonds is 13. The van der Waals surface area contributed by atoms with Crippen LogP contribution in [0.2, 0.25) is 0 Å². The van der Waals surface area contributed by atoms with Crippen molar-refractivity contribution in [1.29, 1.82) is 0 Å². The summed E-state index contributed by atoms with van der Waals surface area (Å²) in [6.07, 6.45) is 13.6. The number of nitrogens with two attached hydrogens (primary N) is 1. The lowest BCUT2D eigenvalue weighted by Crippen LogP contribution is -2.65. The molecule has 39 heavy (non-hydrogen) atoms. The third-order valence-electron chi connectivity index (χ3n) is 10.7. The highest BCUT2D eigenvalue weighted by atomic mass is 16.7. The van der Waals surface area contributed by atoms with Crippen molar-refractivity contribution in [2.24, 2.45) is 34.8 Å². The second-order valence-corrected chi connectivity index (χ2v) is 14.5. The highest BCUT2D eigenvalue weighted by molar-refractivity contribution is 6.47. The fourth-order valence-corrected chi connectivity index (χ4v) is 8.12. The van der Waals surface area contributed by atoms with Crippen molar-refractivity contribution in [2.45, 2.75) is 155 Å². The molecule has 4 aliphatic carbocycles. The van der Waals surface area contributed by atoms with Gasteiger partial charge in [0.2, 0.25) is 11.8 Å². The summed E-state index contributed by atoms with van der Waals surface area (Å²) < 4.78 is 13.3. The molecule has 222 valence electrons. The van der Waals surface area contributed by atoms with Crippen LogP contribution in [0.1, 0.15) is 125 Å². The predicted molar refractivity (Wildman–Crippen MR) is 157 cm³/mol. The van der Waals surface area contributed by atoms with Crippen LogP contribution >= 0.6 is 0 Å². The standard InChI is InChI=1S/C31H56BN3O4/c1-7-8-10-15-27(32-38-26-19-22-18-25(30(22,4)5)31(26,6)39-32)35-29(37)24(16-20(2)3)34-28(36)23(33)17-21-13-11-9-12-14-21/h20-27H,7-19,33H2,1-6H3,(H,34,36)(H,35,37)/t22-,23+,24-,25-,26+,27-,31-/m0/s1. The van der Waals surface area contributed by atoms with Gasteiger partial charge >= 0.3 is 7.12 Å². The zero-order chi connectivity index (χ0) is 28.4. The van der Waals surface area contributed by atoms with Crippen molar-refractivity contribution in [2.75, 3.05) is 0 Å². The van der Waals surface area contributed by atoms with Crippen LogP contribution in [0.3, 0.4) is 0 Å². The summed E-state index contributed by atoms with van der Waals surface area (Å²) in [5.74, 6) is 1.32. The van der Waals surface area contributed by atoms with E-state index < -0.39 is 19.2 Å². The molecule has 0 aromatic carbocycles. The Morgan fingerprint density at radius 3 is 2.38 bits per heavy atom. The number of hydrogen-bond donors (Lipinski definition) is 3. The Morgan fingerprint density at radius 2 is 1.74 bits per heavy atom. The molecule has 5 rings (SSSR count). The topological polar surface area (TPSA) is 103 Å². The van der Waals surface area contributed by atoms with Crippen molar-refractivity contribution in [3.63, 3.8) is 0 Å². The first kappa shape index (κ1) is 30.8. The van der Waals surface area contributed by atoms with Gasteiger partial charge in [0, 0.05) is 0 Å². The molecule has 0 spiro atoms. The Bertz CT molecular complexity index is 848. The van der Waals surface area contributed by atoms with E-state index in [0.29, 0.717) is 30.6 Å². The molecule has 2 bridgehead atoms. The van der Waals surface area contributed by atoms with Crippen molar-refractivity contribution in [1.82, 2.24) is 10.6 Å². The second-order valence-electron chi connectivity index (χ2n) is 14.5. The fourth-order valence-electron chi connectivity index (χ4n) is 8.12. The maximum atomic E-state index is 13.7. The zero-order valence-electron chi connectivity index (χ0n) is 25.6. The molecule has 5 fully saturated rings. The molecule has 4 N–H and O–H groups in total. The largest absolute Gasteiger partial charge is 0.481 e. The summed E-state index contributed by atoms with van der Waals surface area (Å²) in [6, 6.07) is -1.19. The predicted octanol–water partition coefficient (Wildman–Crippen LogP) is 5.15. The molecule has 0 aromatic heterocycles. The number of unbranched alkanes of at least 4 members (excludes halogenated alkanes) is 2. The fraction of sp³-hybridized carbons (Fsp3) is 0.935. The molecule has 1 saturated heterocycles. The molecule has 0 radical (unpaired) electrons. The van der Waals surface area contributed by atoms with E-state index >= 15 is 0 Å². The van der Waals surface area contributed by atoms with Crippen LogP contribution in [0.5, 0.6) is 0 Å². The first-order valence-electron chi connectivity index (χ1n) is 16.1. The van der Waals surface area contributed by atoms with Gasteiger partial charge in [-0.25, -0.2) is 0 Å². The summed E-state index contributed by atoms with van der Waals surface area (Å²) >= 11 is 0. The number of nitrogens with one attached hydrogen (secondary N) is 2. The highest BCUT2D eigenvalue weighted by Gasteiger charge is 2.68. The molecule has 7 nitrogen and oxygen atoms in total. The van der Waals surface area contributed by atoms with Gasteiger partial charge in [0.25, 0.3) is 0 Å². The van der Waals surface area contributed by atoms with Gasteiger partial charge in [0.1, 0.15) is 6.04 Å². The average molecular weight is 546 g/mol. The summed E-state index contributed by atoms with van der Waals surface area (Å²) in [4.78, 5) is 26.8. The van der Waals surface area contributed by atoms with E-state index in [1.165, 1.54) is 25.7 Å². The Hall–Kier alpha value is -1.12. The van der Waals surface area contributed by atoms with E-state index in [9.17, 15) is 9.59 Å². The molecule has 1 heterocycles. The van der Waals surface area contributed by atoms with Crippen LogP contribution in [0.25, 0.3) is 0 Å². The lowest BCUT2D eigenvalue weighted by Gasteiger charge is -2.64. The number of hydrogen-bond acceptors (Lipinski definition) is 5. The first-order chi connectivity index (χ1) is 18.5. The maximum Gasteiger partial charge on any atom is 0.481 e. The second kappa shape index (κ2) is 12.8. The summed E-state index contributed by atoms with van der Waals surface area (Å²) in [7, 11) is -0.458. The van der Waals surface area contributed by atoms with Gasteiger partial charge in [-0.3, -0.25) is 9.59 Å². The van der Waals surface area contributed by atoms with Crippen molar-refractivity contribution in [3.8, 4) is 0 Å². The average Bonchev–Trinajstić information content (AvgIpc) is 3.25. The monoisotopic (exact) mass is 545 g/mol. The van der Waals surface area contributed by atoms with Crippen molar-refractivity contribution < 1.29 is 18.9 Å². The van der Waals surface area contributed by atoms with Crippen molar-refractivity contribution >= 4 is 18.9 Å². The van der Waals surface area contributed by atoms with Gasteiger partial charge in [-0.1, -0.05) is 86.0 Å². The van der Waals surface area contributed by atoms with Crippen LogP contribution < -0.4 is 16.4 Å². The van der Waals surface area contributed by atoms with E-state index in [4.69, 9.17) is 15.0 Å². The molecule has 0 unspecified atom stereocenters. The smallest absolute Gasteiger partial charge is 0.404 e. The summed E-state index contributed by atoms with van der Waals surface area (Å²) in [5.41, 5.74) is 6.31. The highest BCUT2D eigenvalue weighted by Crippen LogP contribution is 2.65. The summed E-state index contributed by atoms with van der Waals surface area (Å²) in [6.45, 7) is 13.3. The molecule has 0 aromatic rings. The van der Waals surface area contributed by atoms with Gasteiger partial charge in [-0.15, -0.1) is 0 Å². The van der Waals surface area contributed by atoms with Gasteiger partial charge in [0.15, 0.2) is 0 Å². The minimum atomic E-state index is -0.616. The van der Waals surface area contributed by atoms with Crippen LogP contribution in [-0.2, 0) is 18.9 Å². The van der Waals surface area contributed by atoms with Gasteiger partial charge in [-0.05, 0) is 68.1 Å². The molecular formula is C31H56BN3O4. The zero-order valence-corrected chi connectivity index (χ0v) is 25.6. The Morgan fingerprint density at radius 1 is 1.03 bits per heavy atom. The van der Waals surface area contributed by atoms with Crippen molar-refractivity contribution in [3.05, 3.63) is 0 Å². The maximum absolute atomic E-state index is 13.7. The van der Waals surface area contributed by atoms with Gasteiger partial charge in [0.05, 0.1) is 23.7 Å². The van der Waals surface area contributed by atoms with E-state index in [1.54, 1.807) is 0 Å². The van der Waals surface area contributed by atoms with Crippen LogP contribution in [0, 0.1) is 29.1 Å². The molecule has 5 aliphatic rings. The number of amides is 2. The van der Waals surface area contributed by atoms with Crippen LogP contribution in [0.4, 0.5) is 0 Å². The number of carbonyl (C=O) groups excluding carboxylic acids is 2. The molecule has 4 saturated carbocycles. The molecular weight excluding hydrogens is 489 g/mol. The van der Waals surface area contributed by atoms with E-state index in [-0.39, 0.29) is 40.8 Å². The third kappa shape index (κ3) is 6.86. The normalized spacial score (nSPS) is 32.2. The third-order valence-corrected chi connectivity index (χ3v) is 10.7. The van der Waals surface area contributed by atoms with Crippen LogP contribution in [-0.4, -0.2) is 48.7 Å². The van der Waals surface area contributed by atoms with Gasteiger partial charge < -0.3 is 25.7 Å². The summed E-state index contributed by atoms with van der Waals surface area (Å²) in [5, 5.41) is 6.31. The van der Waals surface area contributed by atoms with E-state index in [0.717, 1.165) is 44.9 Å². The molecule has 7 atom stereocenters. The molecule has 2 amide bonds. The quantitative estimate of drug-likeness (QED) is 0.220.